The molecule has 0 saturated carbocycles. The lowest BCUT2D eigenvalue weighted by atomic mass is 9.99. The molecule has 2 aromatic rings. The quantitative estimate of drug-likeness (QED) is 0.651. The summed E-state index contributed by atoms with van der Waals surface area (Å²) >= 11 is 0. The van der Waals surface area contributed by atoms with Crippen LogP contribution in [0.4, 0.5) is 5.69 Å². The van der Waals surface area contributed by atoms with Gasteiger partial charge in [0.2, 0.25) is 0 Å². The monoisotopic (exact) mass is 259 g/mol. The van der Waals surface area contributed by atoms with Gasteiger partial charge in [0.1, 0.15) is 5.75 Å². The number of aromatic carboxylic acids is 1. The maximum absolute atomic E-state index is 11.1. The van der Waals surface area contributed by atoms with Gasteiger partial charge in [-0.3, -0.25) is 10.1 Å². The third-order valence-electron chi connectivity index (χ3n) is 2.60. The van der Waals surface area contributed by atoms with E-state index in [1.165, 1.54) is 30.3 Å². The minimum absolute atomic E-state index is 0.0413. The van der Waals surface area contributed by atoms with Crippen LogP contribution >= 0.6 is 0 Å². The zero-order valence-electron chi connectivity index (χ0n) is 9.61. The lowest BCUT2D eigenvalue weighted by molar-refractivity contribution is -0.384. The van der Waals surface area contributed by atoms with Crippen LogP contribution in [0.5, 0.6) is 5.75 Å². The number of nitro benzene ring substituents is 1. The number of non-ortho nitro benzene ring substituents is 1. The fourth-order valence-electron chi connectivity index (χ4n) is 1.74. The van der Waals surface area contributed by atoms with Crippen LogP contribution < -0.4 is 0 Å². The number of hydrogen-bond donors (Lipinski definition) is 2. The predicted molar refractivity (Wildman–Crippen MR) is 67.2 cm³/mol. The summed E-state index contributed by atoms with van der Waals surface area (Å²) in [6, 6.07) is 9.39. The van der Waals surface area contributed by atoms with Gasteiger partial charge >= 0.3 is 5.97 Å². The SMILES string of the molecule is O=C(O)c1ccc([N+](=O)[O-])cc1-c1cccc(O)c1. The van der Waals surface area contributed by atoms with Crippen LogP contribution in [0.3, 0.4) is 0 Å². The first kappa shape index (κ1) is 12.6. The van der Waals surface area contributed by atoms with E-state index in [0.717, 1.165) is 6.07 Å². The Morgan fingerprint density at radius 3 is 2.47 bits per heavy atom. The number of nitrogens with zero attached hydrogens (tertiary/aromatic N) is 1. The van der Waals surface area contributed by atoms with Crippen LogP contribution in [-0.2, 0) is 0 Å². The van der Waals surface area contributed by atoms with Crippen molar-refractivity contribution in [1.82, 2.24) is 0 Å². The lowest BCUT2D eigenvalue weighted by Crippen LogP contribution is -2.00. The molecule has 0 heterocycles. The van der Waals surface area contributed by atoms with Crippen LogP contribution in [0.2, 0.25) is 0 Å². The van der Waals surface area contributed by atoms with Gasteiger partial charge in [-0.2, -0.15) is 0 Å². The van der Waals surface area contributed by atoms with Gasteiger partial charge in [-0.1, -0.05) is 12.1 Å². The molecule has 0 fully saturated rings. The Morgan fingerprint density at radius 1 is 1.16 bits per heavy atom. The summed E-state index contributed by atoms with van der Waals surface area (Å²) in [5, 5.41) is 29.2. The molecule has 2 N–H and O–H groups in total. The molecule has 2 aromatic carbocycles. The van der Waals surface area contributed by atoms with Gasteiger partial charge in [-0.25, -0.2) is 4.79 Å². The highest BCUT2D eigenvalue weighted by molar-refractivity contribution is 5.96. The van der Waals surface area contributed by atoms with E-state index in [2.05, 4.69) is 0 Å². The molecule has 0 saturated heterocycles. The third kappa shape index (κ3) is 2.52. The normalized spacial score (nSPS) is 10.1. The van der Waals surface area contributed by atoms with E-state index in [1.807, 2.05) is 0 Å². The van der Waals surface area contributed by atoms with E-state index < -0.39 is 10.9 Å². The first-order valence-electron chi connectivity index (χ1n) is 5.30. The number of rotatable bonds is 3. The molecule has 0 atom stereocenters. The minimum Gasteiger partial charge on any atom is -0.508 e. The van der Waals surface area contributed by atoms with E-state index in [-0.39, 0.29) is 22.6 Å². The second-order valence-electron chi connectivity index (χ2n) is 3.84. The van der Waals surface area contributed by atoms with E-state index >= 15 is 0 Å². The number of aromatic hydroxyl groups is 1. The number of nitro groups is 1. The number of benzene rings is 2. The Hall–Kier alpha value is -2.89. The van der Waals surface area contributed by atoms with Crippen molar-refractivity contribution < 1.29 is 19.9 Å². The summed E-state index contributed by atoms with van der Waals surface area (Å²) in [4.78, 5) is 21.3. The van der Waals surface area contributed by atoms with Gasteiger partial charge in [-0.05, 0) is 23.8 Å². The Labute approximate surface area is 107 Å². The Balaban J connectivity index is 2.67. The van der Waals surface area contributed by atoms with Gasteiger partial charge in [0.25, 0.3) is 5.69 Å². The average Bonchev–Trinajstić information content (AvgIpc) is 2.37. The summed E-state index contributed by atoms with van der Waals surface area (Å²) in [6.07, 6.45) is 0. The largest absolute Gasteiger partial charge is 0.508 e. The number of phenolic OH excluding ortho intramolecular Hbond substituents is 1. The highest BCUT2D eigenvalue weighted by atomic mass is 16.6. The lowest BCUT2D eigenvalue weighted by Gasteiger charge is -2.06. The van der Waals surface area contributed by atoms with Crippen molar-refractivity contribution in [2.75, 3.05) is 0 Å². The van der Waals surface area contributed by atoms with E-state index in [9.17, 15) is 20.0 Å². The summed E-state index contributed by atoms with van der Waals surface area (Å²) in [5.41, 5.74) is 0.332. The summed E-state index contributed by atoms with van der Waals surface area (Å²) < 4.78 is 0. The third-order valence-corrected chi connectivity index (χ3v) is 2.60. The first-order valence-corrected chi connectivity index (χ1v) is 5.30. The number of carboxylic acid groups (broad SMARTS) is 1. The van der Waals surface area contributed by atoms with Crippen LogP contribution in [0.1, 0.15) is 10.4 Å². The second kappa shape index (κ2) is 4.77. The van der Waals surface area contributed by atoms with E-state index in [1.54, 1.807) is 6.07 Å². The molecule has 0 aromatic heterocycles. The van der Waals surface area contributed by atoms with Crippen LogP contribution in [0.15, 0.2) is 42.5 Å². The zero-order valence-corrected chi connectivity index (χ0v) is 9.61. The summed E-state index contributed by atoms with van der Waals surface area (Å²) in [5.74, 6) is -1.23. The Morgan fingerprint density at radius 2 is 1.89 bits per heavy atom. The highest BCUT2D eigenvalue weighted by Crippen LogP contribution is 2.30. The number of carboxylic acids is 1. The van der Waals surface area contributed by atoms with Crippen LogP contribution in [0, 0.1) is 10.1 Å². The molecular weight excluding hydrogens is 250 g/mol. The van der Waals surface area contributed by atoms with Crippen molar-refractivity contribution in [2.45, 2.75) is 0 Å². The fraction of sp³-hybridized carbons (Fsp3) is 0. The Kier molecular flexibility index (Phi) is 3.15. The molecule has 6 nitrogen and oxygen atoms in total. The first-order chi connectivity index (χ1) is 8.99. The summed E-state index contributed by atoms with van der Waals surface area (Å²) in [6.45, 7) is 0. The van der Waals surface area contributed by atoms with E-state index in [4.69, 9.17) is 5.11 Å². The minimum atomic E-state index is -1.19. The van der Waals surface area contributed by atoms with Crippen molar-refractivity contribution >= 4 is 11.7 Å². The molecular formula is C13H9NO5. The van der Waals surface area contributed by atoms with Crippen molar-refractivity contribution in [3.05, 3.63) is 58.1 Å². The number of phenols is 1. The maximum atomic E-state index is 11.1. The smallest absolute Gasteiger partial charge is 0.336 e. The molecule has 0 spiro atoms. The second-order valence-corrected chi connectivity index (χ2v) is 3.84. The van der Waals surface area contributed by atoms with Gasteiger partial charge in [0, 0.05) is 17.7 Å². The average molecular weight is 259 g/mol. The van der Waals surface area contributed by atoms with E-state index in [0.29, 0.717) is 5.56 Å². The molecule has 0 bridgehead atoms. The zero-order chi connectivity index (χ0) is 14.0. The van der Waals surface area contributed by atoms with Gasteiger partial charge in [0.05, 0.1) is 10.5 Å². The van der Waals surface area contributed by atoms with Crippen LogP contribution in [0.25, 0.3) is 11.1 Å². The summed E-state index contributed by atoms with van der Waals surface area (Å²) in [7, 11) is 0. The molecule has 0 unspecified atom stereocenters. The highest BCUT2D eigenvalue weighted by Gasteiger charge is 2.16. The molecule has 0 aliphatic carbocycles. The molecule has 0 radical (unpaired) electrons. The fourth-order valence-corrected chi connectivity index (χ4v) is 1.74. The van der Waals surface area contributed by atoms with Crippen LogP contribution in [-0.4, -0.2) is 21.1 Å². The van der Waals surface area contributed by atoms with Gasteiger partial charge < -0.3 is 10.2 Å². The molecule has 2 rings (SSSR count). The molecule has 6 heteroatoms. The maximum Gasteiger partial charge on any atom is 0.336 e. The van der Waals surface area contributed by atoms with Gasteiger partial charge in [-0.15, -0.1) is 0 Å². The number of hydrogen-bond acceptors (Lipinski definition) is 4. The Bertz CT molecular complexity index is 666. The number of carbonyl (C=O) groups is 1. The van der Waals surface area contributed by atoms with Crippen molar-refractivity contribution in [2.24, 2.45) is 0 Å². The van der Waals surface area contributed by atoms with Crippen molar-refractivity contribution in [3.63, 3.8) is 0 Å². The van der Waals surface area contributed by atoms with Crippen molar-refractivity contribution in [1.29, 1.82) is 0 Å². The molecule has 0 aliphatic rings. The van der Waals surface area contributed by atoms with Gasteiger partial charge in [0.15, 0.2) is 0 Å². The molecule has 19 heavy (non-hydrogen) atoms. The topological polar surface area (TPSA) is 101 Å². The predicted octanol–water partition coefficient (Wildman–Crippen LogP) is 2.67. The molecule has 96 valence electrons. The molecule has 0 aliphatic heterocycles. The standard InChI is InChI=1S/C13H9NO5/c15-10-3-1-2-8(6-10)12-7-9(14(18)19)4-5-11(12)13(16)17/h1-7,15H,(H,16,17). The molecule has 0 amide bonds. The van der Waals surface area contributed by atoms with Crippen molar-refractivity contribution in [3.8, 4) is 16.9 Å².